The molecule has 1 atom stereocenters. The highest BCUT2D eigenvalue weighted by Gasteiger charge is 2.17. The summed E-state index contributed by atoms with van der Waals surface area (Å²) in [5, 5.41) is 1.06. The fourth-order valence-corrected chi connectivity index (χ4v) is 3.63. The van der Waals surface area contributed by atoms with Gasteiger partial charge in [0.05, 0.1) is 11.6 Å². The van der Waals surface area contributed by atoms with Gasteiger partial charge in [-0.25, -0.2) is 4.98 Å². The van der Waals surface area contributed by atoms with E-state index in [0.29, 0.717) is 11.4 Å². The van der Waals surface area contributed by atoms with Gasteiger partial charge in [0.15, 0.2) is 5.12 Å². The van der Waals surface area contributed by atoms with Crippen molar-refractivity contribution in [3.05, 3.63) is 53.6 Å². The quantitative estimate of drug-likeness (QED) is 0.559. The topological polar surface area (TPSA) is 34.9 Å². The van der Waals surface area contributed by atoms with Crippen LogP contribution in [0.25, 0.3) is 0 Å². The predicted octanol–water partition coefficient (Wildman–Crippen LogP) is 5.51. The molecular weight excluding hydrogens is 328 g/mol. The molecule has 1 unspecified atom stereocenters. The number of imidazole rings is 1. The Bertz CT molecular complexity index is 584. The lowest BCUT2D eigenvalue weighted by atomic mass is 10.1. The second-order valence-corrected chi connectivity index (χ2v) is 7.30. The molecule has 0 saturated carbocycles. The molecule has 0 amide bonds. The smallest absolute Gasteiger partial charge is 0.189 e. The Morgan fingerprint density at radius 3 is 2.70 bits per heavy atom. The van der Waals surface area contributed by atoms with Gasteiger partial charge in [0.25, 0.3) is 0 Å². The number of halogens is 1. The number of thioether (sulfide) groups is 1. The molecule has 124 valence electrons. The van der Waals surface area contributed by atoms with Gasteiger partial charge < -0.3 is 4.57 Å². The Hall–Kier alpha value is -1.26. The summed E-state index contributed by atoms with van der Waals surface area (Å²) in [7, 11) is 0. The van der Waals surface area contributed by atoms with Crippen LogP contribution in [0.15, 0.2) is 43.0 Å². The molecule has 0 spiro atoms. The minimum absolute atomic E-state index is 0.0835. The van der Waals surface area contributed by atoms with Crippen LogP contribution >= 0.6 is 23.4 Å². The first-order valence-electron chi connectivity index (χ1n) is 8.09. The summed E-state index contributed by atoms with van der Waals surface area (Å²) in [6.07, 6.45) is 10.6. The molecule has 0 aliphatic carbocycles. The number of hydrogen-bond donors (Lipinski definition) is 0. The fourth-order valence-electron chi connectivity index (χ4n) is 2.39. The number of nitrogens with zero attached hydrogens (tertiary/aromatic N) is 2. The molecule has 0 N–H and O–H groups in total. The number of hydrogen-bond acceptors (Lipinski definition) is 3. The summed E-state index contributed by atoms with van der Waals surface area (Å²) in [6.45, 7) is 2.91. The third-order valence-corrected chi connectivity index (χ3v) is 5.11. The Balaban J connectivity index is 1.98. The van der Waals surface area contributed by atoms with Gasteiger partial charge in [-0.1, -0.05) is 61.7 Å². The Morgan fingerprint density at radius 2 is 2.04 bits per heavy atom. The van der Waals surface area contributed by atoms with E-state index in [1.807, 2.05) is 35.0 Å². The SMILES string of the molecule is CCCCCCC(=O)SC(Cn1ccnc1)c1ccc(Cl)cc1. The van der Waals surface area contributed by atoms with Crippen molar-refractivity contribution in [2.75, 3.05) is 0 Å². The maximum atomic E-state index is 12.3. The normalized spacial score (nSPS) is 12.3. The van der Waals surface area contributed by atoms with Gasteiger partial charge in [-0.2, -0.15) is 0 Å². The van der Waals surface area contributed by atoms with E-state index in [2.05, 4.69) is 11.9 Å². The fraction of sp³-hybridized carbons (Fsp3) is 0.444. The minimum Gasteiger partial charge on any atom is -0.336 e. The molecule has 0 bridgehead atoms. The minimum atomic E-state index is 0.0835. The van der Waals surface area contributed by atoms with E-state index in [4.69, 9.17) is 11.6 Å². The van der Waals surface area contributed by atoms with Crippen LogP contribution in [0.3, 0.4) is 0 Å². The van der Waals surface area contributed by atoms with Crippen LogP contribution in [-0.4, -0.2) is 14.7 Å². The van der Waals surface area contributed by atoms with Gasteiger partial charge in [0, 0.05) is 30.4 Å². The summed E-state index contributed by atoms with van der Waals surface area (Å²) in [5.41, 5.74) is 1.12. The second kappa shape index (κ2) is 9.78. The lowest BCUT2D eigenvalue weighted by Gasteiger charge is -2.17. The van der Waals surface area contributed by atoms with E-state index in [1.54, 1.807) is 12.5 Å². The van der Waals surface area contributed by atoms with E-state index >= 15 is 0 Å². The van der Waals surface area contributed by atoms with Crippen LogP contribution < -0.4 is 0 Å². The summed E-state index contributed by atoms with van der Waals surface area (Å²) < 4.78 is 2.01. The number of unbranched alkanes of at least 4 members (excludes halogenated alkanes) is 3. The van der Waals surface area contributed by atoms with Gasteiger partial charge in [0.2, 0.25) is 0 Å². The van der Waals surface area contributed by atoms with Crippen LogP contribution in [0.2, 0.25) is 5.02 Å². The van der Waals surface area contributed by atoms with Crippen molar-refractivity contribution in [1.82, 2.24) is 9.55 Å². The van der Waals surface area contributed by atoms with Crippen molar-refractivity contribution in [2.45, 2.75) is 50.8 Å². The van der Waals surface area contributed by atoms with Gasteiger partial charge in [0.1, 0.15) is 0 Å². The molecule has 23 heavy (non-hydrogen) atoms. The summed E-state index contributed by atoms with van der Waals surface area (Å²) in [4.78, 5) is 16.4. The zero-order valence-corrected chi connectivity index (χ0v) is 15.0. The summed E-state index contributed by atoms with van der Waals surface area (Å²) >= 11 is 7.40. The number of benzene rings is 1. The van der Waals surface area contributed by atoms with Crippen molar-refractivity contribution in [3.8, 4) is 0 Å². The van der Waals surface area contributed by atoms with Crippen LogP contribution in [0.5, 0.6) is 0 Å². The highest BCUT2D eigenvalue weighted by Crippen LogP contribution is 2.33. The summed E-state index contributed by atoms with van der Waals surface area (Å²) in [5.74, 6) is 0. The zero-order chi connectivity index (χ0) is 16.5. The van der Waals surface area contributed by atoms with Crippen molar-refractivity contribution < 1.29 is 4.79 Å². The Morgan fingerprint density at radius 1 is 1.26 bits per heavy atom. The summed E-state index contributed by atoms with van der Waals surface area (Å²) in [6, 6.07) is 7.76. The monoisotopic (exact) mass is 350 g/mol. The number of carbonyl (C=O) groups is 1. The third-order valence-electron chi connectivity index (χ3n) is 3.69. The highest BCUT2D eigenvalue weighted by molar-refractivity contribution is 8.13. The first kappa shape index (κ1) is 18.1. The van der Waals surface area contributed by atoms with Gasteiger partial charge in [-0.15, -0.1) is 0 Å². The largest absolute Gasteiger partial charge is 0.336 e. The molecule has 1 aromatic carbocycles. The molecule has 1 aromatic heterocycles. The van der Waals surface area contributed by atoms with Crippen LogP contribution in [0, 0.1) is 0 Å². The van der Waals surface area contributed by atoms with Gasteiger partial charge in [-0.3, -0.25) is 4.79 Å². The molecule has 3 nitrogen and oxygen atoms in total. The maximum Gasteiger partial charge on any atom is 0.189 e. The van der Waals surface area contributed by atoms with Gasteiger partial charge in [-0.05, 0) is 24.1 Å². The van der Waals surface area contributed by atoms with Crippen molar-refractivity contribution >= 4 is 28.5 Å². The predicted molar refractivity (Wildman–Crippen MR) is 97.8 cm³/mol. The van der Waals surface area contributed by atoms with E-state index in [1.165, 1.54) is 24.6 Å². The molecule has 2 rings (SSSR count). The van der Waals surface area contributed by atoms with E-state index in [-0.39, 0.29) is 10.4 Å². The lowest BCUT2D eigenvalue weighted by molar-refractivity contribution is -0.111. The Labute approximate surface area is 147 Å². The second-order valence-electron chi connectivity index (χ2n) is 5.60. The van der Waals surface area contributed by atoms with Gasteiger partial charge >= 0.3 is 0 Å². The maximum absolute atomic E-state index is 12.3. The molecule has 1 heterocycles. The van der Waals surface area contributed by atoms with Crippen LogP contribution in [0.1, 0.15) is 49.8 Å². The average molecular weight is 351 g/mol. The molecule has 2 aromatic rings. The molecule has 0 radical (unpaired) electrons. The standard InChI is InChI=1S/C18H23ClN2OS/c1-2-3-4-5-6-18(22)23-17(13-21-12-11-20-14-21)15-7-9-16(19)10-8-15/h7-12,14,17H,2-6,13H2,1H3. The number of carbonyl (C=O) groups excluding carboxylic acids is 1. The third kappa shape index (κ3) is 6.40. The first-order chi connectivity index (χ1) is 11.2. The van der Waals surface area contributed by atoms with Crippen LogP contribution in [0.4, 0.5) is 0 Å². The lowest BCUT2D eigenvalue weighted by Crippen LogP contribution is -2.08. The van der Waals surface area contributed by atoms with E-state index in [9.17, 15) is 4.79 Å². The average Bonchev–Trinajstić information content (AvgIpc) is 3.05. The first-order valence-corrected chi connectivity index (χ1v) is 9.35. The molecule has 0 aliphatic heterocycles. The molecule has 0 aliphatic rings. The molecule has 0 saturated heterocycles. The molecule has 0 fully saturated rings. The molecule has 5 heteroatoms. The number of aromatic nitrogens is 2. The Kier molecular flexibility index (Phi) is 7.69. The van der Waals surface area contributed by atoms with E-state index < -0.39 is 0 Å². The highest BCUT2D eigenvalue weighted by atomic mass is 35.5. The van der Waals surface area contributed by atoms with Crippen molar-refractivity contribution in [3.63, 3.8) is 0 Å². The molecular formula is C18H23ClN2OS. The van der Waals surface area contributed by atoms with E-state index in [0.717, 1.165) is 24.9 Å². The van der Waals surface area contributed by atoms with Crippen LogP contribution in [-0.2, 0) is 11.3 Å². The number of rotatable bonds is 9. The zero-order valence-electron chi connectivity index (χ0n) is 13.5. The van der Waals surface area contributed by atoms with Crippen molar-refractivity contribution in [2.24, 2.45) is 0 Å². The van der Waals surface area contributed by atoms with Crippen molar-refractivity contribution in [1.29, 1.82) is 0 Å².